The molecule has 1 aliphatic heterocycles. The Labute approximate surface area is 240 Å². The van der Waals surface area contributed by atoms with E-state index in [4.69, 9.17) is 4.98 Å². The fraction of sp³-hybridized carbons (Fsp3) is 0.429. The van der Waals surface area contributed by atoms with Crippen LogP contribution in [-0.4, -0.2) is 68.0 Å². The molecule has 8 nitrogen and oxygen atoms in total. The van der Waals surface area contributed by atoms with Gasteiger partial charge in [0.15, 0.2) is 15.5 Å². The van der Waals surface area contributed by atoms with Crippen LogP contribution in [0.3, 0.4) is 0 Å². The predicted octanol–water partition coefficient (Wildman–Crippen LogP) is 5.55. The molecule has 0 atom stereocenters. The highest BCUT2D eigenvalue weighted by molar-refractivity contribution is 14.1. The number of fused-ring (bicyclic) bond motifs is 2. The molecule has 6 rings (SSSR count). The van der Waals surface area contributed by atoms with Crippen LogP contribution in [0.25, 0.3) is 22.3 Å². The lowest BCUT2D eigenvalue weighted by molar-refractivity contribution is 0.224. The van der Waals surface area contributed by atoms with Gasteiger partial charge in [-0.3, -0.25) is 4.90 Å². The van der Waals surface area contributed by atoms with Gasteiger partial charge in [-0.05, 0) is 73.3 Å². The molecular formula is C28H31F2IN8. The number of hydrogen-bond donors (Lipinski definition) is 1. The molecule has 2 aliphatic rings. The number of benzene rings is 1. The van der Waals surface area contributed by atoms with Crippen LogP contribution >= 0.6 is 22.6 Å². The van der Waals surface area contributed by atoms with Crippen molar-refractivity contribution in [3.8, 4) is 11.3 Å². The molecule has 39 heavy (non-hydrogen) atoms. The second kappa shape index (κ2) is 11.0. The summed E-state index contributed by atoms with van der Waals surface area (Å²) in [7, 11) is 4.17. The quantitative estimate of drug-likeness (QED) is 0.265. The van der Waals surface area contributed by atoms with Gasteiger partial charge in [-0.1, -0.05) is 18.9 Å². The molecule has 1 aliphatic carbocycles. The number of rotatable bonds is 7. The first-order chi connectivity index (χ1) is 18.9. The van der Waals surface area contributed by atoms with Crippen molar-refractivity contribution in [3.05, 3.63) is 57.2 Å². The third kappa shape index (κ3) is 5.48. The third-order valence-corrected chi connectivity index (χ3v) is 8.40. The van der Waals surface area contributed by atoms with Crippen molar-refractivity contribution < 1.29 is 8.78 Å². The van der Waals surface area contributed by atoms with Crippen LogP contribution in [0.2, 0.25) is 0 Å². The summed E-state index contributed by atoms with van der Waals surface area (Å²) in [5.41, 5.74) is 3.63. The fourth-order valence-electron chi connectivity index (χ4n) is 5.59. The van der Waals surface area contributed by atoms with Crippen LogP contribution in [0.5, 0.6) is 0 Å². The maximum absolute atomic E-state index is 15.2. The lowest BCUT2D eigenvalue weighted by atomic mass is 10.1. The van der Waals surface area contributed by atoms with Crippen LogP contribution in [0.15, 0.2) is 30.5 Å². The molecule has 0 unspecified atom stereocenters. The van der Waals surface area contributed by atoms with E-state index in [-0.39, 0.29) is 17.7 Å². The summed E-state index contributed by atoms with van der Waals surface area (Å²) in [6.07, 6.45) is 6.33. The molecule has 1 aromatic carbocycles. The minimum absolute atomic E-state index is 0.0389. The Morgan fingerprint density at radius 1 is 1.08 bits per heavy atom. The number of pyridine rings is 1. The lowest BCUT2D eigenvalue weighted by Gasteiger charge is -2.29. The van der Waals surface area contributed by atoms with Crippen molar-refractivity contribution in [2.45, 2.75) is 44.7 Å². The summed E-state index contributed by atoms with van der Waals surface area (Å²) < 4.78 is 33.0. The Hall–Kier alpha value is -2.77. The van der Waals surface area contributed by atoms with Gasteiger partial charge in [-0.15, -0.1) is 0 Å². The normalized spacial score (nSPS) is 16.4. The molecule has 4 heterocycles. The second-order valence-corrected chi connectivity index (χ2v) is 11.6. The third-order valence-electron chi connectivity index (χ3n) is 7.64. The van der Waals surface area contributed by atoms with Crippen molar-refractivity contribution in [2.24, 2.45) is 0 Å². The van der Waals surface area contributed by atoms with E-state index in [0.717, 1.165) is 74.0 Å². The first kappa shape index (κ1) is 26.5. The predicted molar refractivity (Wildman–Crippen MR) is 156 cm³/mol. The number of anilines is 2. The highest BCUT2D eigenvalue weighted by Gasteiger charge is 2.24. The zero-order valence-electron chi connectivity index (χ0n) is 22.1. The molecule has 1 saturated carbocycles. The number of aromatic nitrogens is 5. The van der Waals surface area contributed by atoms with Gasteiger partial charge in [0.2, 0.25) is 5.95 Å². The average molecular weight is 645 g/mol. The summed E-state index contributed by atoms with van der Waals surface area (Å²) in [6.45, 7) is 3.87. The molecule has 11 heteroatoms. The summed E-state index contributed by atoms with van der Waals surface area (Å²) in [5.74, 6) is -0.289. The maximum atomic E-state index is 15.2. The highest BCUT2D eigenvalue weighted by Crippen LogP contribution is 2.36. The molecule has 0 saturated heterocycles. The second-order valence-electron chi connectivity index (χ2n) is 10.7. The van der Waals surface area contributed by atoms with E-state index < -0.39 is 11.6 Å². The molecule has 4 aromatic rings. The van der Waals surface area contributed by atoms with Gasteiger partial charge in [-0.2, -0.15) is 0 Å². The number of likely N-dealkylation sites (N-methyl/N-ethyl adjacent to an activating group) is 1. The molecule has 3 aromatic heterocycles. The SMILES string of the molecule is CN(C)CCN1CCc2nc(Nc3ncc(F)c(-c4cc(F)c5nc(I)n(C6CCCC6)c5c4)n3)ccc2C1. The summed E-state index contributed by atoms with van der Waals surface area (Å²) in [6, 6.07) is 7.35. The summed E-state index contributed by atoms with van der Waals surface area (Å²) in [4.78, 5) is 22.4. The van der Waals surface area contributed by atoms with Crippen molar-refractivity contribution in [3.63, 3.8) is 0 Å². The highest BCUT2D eigenvalue weighted by atomic mass is 127. The van der Waals surface area contributed by atoms with Crippen molar-refractivity contribution in [2.75, 3.05) is 39.0 Å². The Kier molecular flexibility index (Phi) is 7.47. The molecule has 0 amide bonds. The van der Waals surface area contributed by atoms with Crippen LogP contribution in [0, 0.1) is 15.5 Å². The summed E-state index contributed by atoms with van der Waals surface area (Å²) >= 11 is 2.16. The molecule has 0 spiro atoms. The Morgan fingerprint density at radius 3 is 2.69 bits per heavy atom. The average Bonchev–Trinajstić information content (AvgIpc) is 3.56. The molecule has 0 bridgehead atoms. The van der Waals surface area contributed by atoms with Gasteiger partial charge in [-0.25, -0.2) is 28.7 Å². The van der Waals surface area contributed by atoms with E-state index in [1.54, 1.807) is 6.07 Å². The van der Waals surface area contributed by atoms with E-state index >= 15 is 4.39 Å². The van der Waals surface area contributed by atoms with Crippen LogP contribution in [-0.2, 0) is 13.0 Å². The van der Waals surface area contributed by atoms with Gasteiger partial charge in [0.25, 0.3) is 0 Å². The summed E-state index contributed by atoms with van der Waals surface area (Å²) in [5, 5.41) is 3.12. The van der Waals surface area contributed by atoms with Gasteiger partial charge in [0.1, 0.15) is 17.0 Å². The number of nitrogens with zero attached hydrogens (tertiary/aromatic N) is 7. The Morgan fingerprint density at radius 2 is 1.90 bits per heavy atom. The molecule has 0 radical (unpaired) electrons. The Bertz CT molecular complexity index is 1520. The zero-order valence-corrected chi connectivity index (χ0v) is 24.2. The van der Waals surface area contributed by atoms with E-state index in [9.17, 15) is 4.39 Å². The zero-order chi connectivity index (χ0) is 27.1. The van der Waals surface area contributed by atoms with Crippen LogP contribution in [0.4, 0.5) is 20.5 Å². The molecular weight excluding hydrogens is 613 g/mol. The minimum atomic E-state index is -0.614. The van der Waals surface area contributed by atoms with Crippen molar-refractivity contribution in [1.29, 1.82) is 0 Å². The topological polar surface area (TPSA) is 75.0 Å². The lowest BCUT2D eigenvalue weighted by Crippen LogP contribution is -2.36. The monoisotopic (exact) mass is 644 g/mol. The van der Waals surface area contributed by atoms with Gasteiger partial charge >= 0.3 is 0 Å². The maximum Gasteiger partial charge on any atom is 0.229 e. The number of imidazole rings is 1. The molecule has 1 fully saturated rings. The first-order valence-corrected chi connectivity index (χ1v) is 14.5. The smallest absolute Gasteiger partial charge is 0.229 e. The molecule has 1 N–H and O–H groups in total. The van der Waals surface area contributed by atoms with Crippen molar-refractivity contribution >= 4 is 45.4 Å². The number of hydrogen-bond acceptors (Lipinski definition) is 7. The first-order valence-electron chi connectivity index (χ1n) is 13.4. The Balaban J connectivity index is 1.27. The van der Waals surface area contributed by atoms with Crippen LogP contribution in [0.1, 0.15) is 43.0 Å². The van der Waals surface area contributed by atoms with E-state index in [1.165, 1.54) is 11.6 Å². The van der Waals surface area contributed by atoms with Crippen molar-refractivity contribution in [1.82, 2.24) is 34.3 Å². The van der Waals surface area contributed by atoms with Gasteiger partial charge < -0.3 is 14.8 Å². The minimum Gasteiger partial charge on any atom is -0.316 e. The van der Waals surface area contributed by atoms with E-state index in [0.29, 0.717) is 22.4 Å². The standard InChI is InChI=1S/C28H31F2IN8/c1-37(2)11-12-38-10-9-22-17(16-38)7-8-24(33-22)34-28-32-15-21(30)25(36-28)18-13-20(29)26-23(14-18)39(27(31)35-26)19-5-3-4-6-19/h7-8,13-15,19H,3-6,9-12,16H2,1-2H3,(H,32,33,34,36). The fourth-order valence-corrected chi connectivity index (χ4v) is 6.49. The number of nitrogens with one attached hydrogen (secondary N) is 1. The largest absolute Gasteiger partial charge is 0.316 e. The van der Waals surface area contributed by atoms with E-state index in [2.05, 4.69) is 77.4 Å². The van der Waals surface area contributed by atoms with Crippen LogP contribution < -0.4 is 5.32 Å². The van der Waals surface area contributed by atoms with Gasteiger partial charge in [0, 0.05) is 49.9 Å². The van der Waals surface area contributed by atoms with E-state index in [1.807, 2.05) is 6.07 Å². The number of halogens is 3. The molecule has 204 valence electrons. The van der Waals surface area contributed by atoms with Gasteiger partial charge in [0.05, 0.1) is 11.7 Å².